The molecule has 1 aromatic rings. The van der Waals surface area contributed by atoms with E-state index in [1.807, 2.05) is 13.8 Å². The summed E-state index contributed by atoms with van der Waals surface area (Å²) in [6, 6.07) is 6.67. The number of carbonyl (C=O) groups is 1. The number of oxime groups is 1. The molecule has 0 aliphatic heterocycles. The molecule has 0 aromatic heterocycles. The molecular weight excluding hydrogens is 234 g/mol. The Balaban J connectivity index is 2.52. The van der Waals surface area contributed by atoms with Crippen LogP contribution in [0.5, 0.6) is 5.75 Å². The fourth-order valence-corrected chi connectivity index (χ4v) is 1.29. The number of carbonyl (C=O) groups excluding carboxylic acids is 1. The molecule has 98 valence electrons. The summed E-state index contributed by atoms with van der Waals surface area (Å²) in [7, 11) is 0. The van der Waals surface area contributed by atoms with Crippen LogP contribution in [-0.2, 0) is 4.79 Å². The van der Waals surface area contributed by atoms with Crippen LogP contribution in [0, 0.1) is 0 Å². The molecule has 0 fully saturated rings. The van der Waals surface area contributed by atoms with E-state index in [1.54, 1.807) is 24.3 Å². The topological polar surface area (TPSA) is 96.9 Å². The van der Waals surface area contributed by atoms with Crippen molar-refractivity contribution in [3.05, 3.63) is 29.8 Å². The summed E-state index contributed by atoms with van der Waals surface area (Å²) in [5, 5.41) is 14.1. The quantitative estimate of drug-likeness (QED) is 0.310. The van der Waals surface area contributed by atoms with Gasteiger partial charge in [-0.15, -0.1) is 0 Å². The molecule has 0 aliphatic carbocycles. The second kappa shape index (κ2) is 6.48. The Bertz CT molecular complexity index is 427. The van der Waals surface area contributed by atoms with Crippen molar-refractivity contribution in [3.8, 4) is 5.75 Å². The zero-order valence-corrected chi connectivity index (χ0v) is 10.4. The highest BCUT2D eigenvalue weighted by Gasteiger charge is 2.05. The van der Waals surface area contributed by atoms with Gasteiger partial charge in [-0.05, 0) is 38.1 Å². The number of hydrogen-bond acceptors (Lipinski definition) is 4. The highest BCUT2D eigenvalue weighted by molar-refractivity contribution is 5.97. The number of benzene rings is 1. The summed E-state index contributed by atoms with van der Waals surface area (Å²) in [5.74, 6) is 0.396. The average molecular weight is 251 g/mol. The number of ether oxygens (including phenoxy) is 1. The Morgan fingerprint density at radius 2 is 2.06 bits per heavy atom. The highest BCUT2D eigenvalue weighted by atomic mass is 16.5. The van der Waals surface area contributed by atoms with Crippen LogP contribution < -0.4 is 15.8 Å². The molecule has 0 bridgehead atoms. The Morgan fingerprint density at radius 3 is 2.56 bits per heavy atom. The van der Waals surface area contributed by atoms with E-state index in [0.29, 0.717) is 11.3 Å². The first-order valence-corrected chi connectivity index (χ1v) is 5.53. The van der Waals surface area contributed by atoms with Gasteiger partial charge in [0.1, 0.15) is 5.75 Å². The first-order valence-electron chi connectivity index (χ1n) is 5.53. The van der Waals surface area contributed by atoms with E-state index in [-0.39, 0.29) is 24.4 Å². The van der Waals surface area contributed by atoms with Crippen LogP contribution >= 0.6 is 0 Å². The van der Waals surface area contributed by atoms with Gasteiger partial charge in [-0.3, -0.25) is 4.79 Å². The molecule has 0 unspecified atom stereocenters. The molecule has 0 atom stereocenters. The van der Waals surface area contributed by atoms with Gasteiger partial charge in [0.05, 0.1) is 0 Å². The molecular formula is C12H17N3O3. The first kappa shape index (κ1) is 13.8. The molecule has 1 aromatic carbocycles. The van der Waals surface area contributed by atoms with Crippen LogP contribution in [0.25, 0.3) is 0 Å². The number of amidine groups is 1. The lowest BCUT2D eigenvalue weighted by atomic mass is 10.2. The largest absolute Gasteiger partial charge is 0.484 e. The van der Waals surface area contributed by atoms with Crippen LogP contribution in [0.1, 0.15) is 19.4 Å². The van der Waals surface area contributed by atoms with Crippen molar-refractivity contribution in [3.63, 3.8) is 0 Å². The summed E-state index contributed by atoms with van der Waals surface area (Å²) in [4.78, 5) is 11.3. The Morgan fingerprint density at radius 1 is 1.44 bits per heavy atom. The molecule has 0 heterocycles. The number of amides is 1. The Kier molecular flexibility index (Phi) is 4.98. The van der Waals surface area contributed by atoms with Crippen LogP contribution in [-0.4, -0.2) is 29.6 Å². The molecule has 0 radical (unpaired) electrons. The molecule has 4 N–H and O–H groups in total. The molecule has 1 rings (SSSR count). The zero-order chi connectivity index (χ0) is 13.5. The van der Waals surface area contributed by atoms with Gasteiger partial charge in [0.25, 0.3) is 5.91 Å². The van der Waals surface area contributed by atoms with Gasteiger partial charge in [0.15, 0.2) is 12.4 Å². The molecule has 0 saturated carbocycles. The van der Waals surface area contributed by atoms with E-state index >= 15 is 0 Å². The predicted octanol–water partition coefficient (Wildman–Crippen LogP) is 0.684. The second-order valence-corrected chi connectivity index (χ2v) is 4.02. The minimum absolute atomic E-state index is 0.0269. The number of nitrogens with one attached hydrogen (secondary N) is 1. The van der Waals surface area contributed by atoms with E-state index in [1.165, 1.54) is 0 Å². The maximum Gasteiger partial charge on any atom is 0.258 e. The fraction of sp³-hybridized carbons (Fsp3) is 0.333. The van der Waals surface area contributed by atoms with Gasteiger partial charge >= 0.3 is 0 Å². The predicted molar refractivity (Wildman–Crippen MR) is 67.7 cm³/mol. The van der Waals surface area contributed by atoms with Gasteiger partial charge in [-0.1, -0.05) is 5.16 Å². The van der Waals surface area contributed by atoms with Gasteiger partial charge in [-0.25, -0.2) is 0 Å². The summed E-state index contributed by atoms with van der Waals surface area (Å²) >= 11 is 0. The van der Waals surface area contributed by atoms with E-state index in [2.05, 4.69) is 10.5 Å². The van der Waals surface area contributed by atoms with Crippen molar-refractivity contribution in [2.75, 3.05) is 6.61 Å². The lowest BCUT2D eigenvalue weighted by Gasteiger charge is -2.09. The third-order valence-electron chi connectivity index (χ3n) is 2.08. The zero-order valence-electron chi connectivity index (χ0n) is 10.4. The third kappa shape index (κ3) is 4.32. The Labute approximate surface area is 105 Å². The molecule has 18 heavy (non-hydrogen) atoms. The maximum absolute atomic E-state index is 11.3. The highest BCUT2D eigenvalue weighted by Crippen LogP contribution is 2.11. The van der Waals surface area contributed by atoms with Crippen molar-refractivity contribution < 1.29 is 14.7 Å². The van der Waals surface area contributed by atoms with Crippen molar-refractivity contribution in [1.82, 2.24) is 5.32 Å². The SMILES string of the molecule is CC(C)NC(=O)COc1ccc(/C(N)=N/O)cc1. The third-order valence-corrected chi connectivity index (χ3v) is 2.08. The summed E-state index contributed by atoms with van der Waals surface area (Å²) in [6.07, 6.45) is 0. The minimum atomic E-state index is -0.175. The van der Waals surface area contributed by atoms with Crippen LogP contribution in [0.15, 0.2) is 29.4 Å². The lowest BCUT2D eigenvalue weighted by Crippen LogP contribution is -2.34. The maximum atomic E-state index is 11.3. The van der Waals surface area contributed by atoms with E-state index < -0.39 is 0 Å². The van der Waals surface area contributed by atoms with Gasteiger partial charge in [0.2, 0.25) is 0 Å². The Hall–Kier alpha value is -2.24. The molecule has 0 saturated heterocycles. The van der Waals surface area contributed by atoms with Gasteiger partial charge in [-0.2, -0.15) is 0 Å². The number of nitrogens with zero attached hydrogens (tertiary/aromatic N) is 1. The van der Waals surface area contributed by atoms with Crippen molar-refractivity contribution in [1.29, 1.82) is 0 Å². The number of nitrogens with two attached hydrogens (primary N) is 1. The number of hydrogen-bond donors (Lipinski definition) is 3. The standard InChI is InChI=1S/C12H17N3O3/c1-8(2)14-11(16)7-18-10-5-3-9(4-6-10)12(13)15-17/h3-6,8,17H,7H2,1-2H3,(H2,13,15)(H,14,16). The summed E-state index contributed by atoms with van der Waals surface area (Å²) < 4.78 is 5.28. The van der Waals surface area contributed by atoms with Crippen molar-refractivity contribution in [2.45, 2.75) is 19.9 Å². The average Bonchev–Trinajstić information content (AvgIpc) is 2.35. The fourth-order valence-electron chi connectivity index (χ4n) is 1.29. The normalized spacial score (nSPS) is 11.4. The van der Waals surface area contributed by atoms with E-state index in [0.717, 1.165) is 0 Å². The van der Waals surface area contributed by atoms with Crippen molar-refractivity contribution in [2.24, 2.45) is 10.9 Å². The lowest BCUT2D eigenvalue weighted by molar-refractivity contribution is -0.123. The van der Waals surface area contributed by atoms with Crippen LogP contribution in [0.2, 0.25) is 0 Å². The van der Waals surface area contributed by atoms with E-state index in [9.17, 15) is 4.79 Å². The monoisotopic (exact) mass is 251 g/mol. The molecule has 0 aliphatic rings. The minimum Gasteiger partial charge on any atom is -0.484 e. The smallest absolute Gasteiger partial charge is 0.258 e. The second-order valence-electron chi connectivity index (χ2n) is 4.02. The van der Waals surface area contributed by atoms with Gasteiger partial charge < -0.3 is 21.0 Å². The van der Waals surface area contributed by atoms with Gasteiger partial charge in [0, 0.05) is 11.6 Å². The van der Waals surface area contributed by atoms with Crippen LogP contribution in [0.3, 0.4) is 0 Å². The summed E-state index contributed by atoms with van der Waals surface area (Å²) in [6.45, 7) is 3.72. The summed E-state index contributed by atoms with van der Waals surface area (Å²) in [5.41, 5.74) is 6.00. The van der Waals surface area contributed by atoms with Crippen LogP contribution in [0.4, 0.5) is 0 Å². The molecule has 0 spiro atoms. The first-order chi connectivity index (χ1) is 8.52. The molecule has 1 amide bonds. The molecule has 6 heteroatoms. The number of rotatable bonds is 5. The van der Waals surface area contributed by atoms with E-state index in [4.69, 9.17) is 15.7 Å². The van der Waals surface area contributed by atoms with Crippen molar-refractivity contribution >= 4 is 11.7 Å². The molecule has 6 nitrogen and oxygen atoms in total.